The normalized spacial score (nSPS) is 18.3. The number of hydrogen-bond acceptors (Lipinski definition) is 6. The minimum absolute atomic E-state index is 0.0339. The number of anilines is 1. The standard InChI is InChI=1S/C25H34BrF3N6O4Si/c1-5-33(24(36)37)21-12-19-18(13-30-21)23(26)32-35(19)16-6-8-17(9-7-16)39-20-14-31-34(22(20)25(27,28)29)15-38-10-11-40(2,3)4/h12-14,16-17H,5-11,15H2,1-4H3,(H,36,37). The molecule has 0 bridgehead atoms. The van der Waals surface area contributed by atoms with Crippen LogP contribution in [0.1, 0.15) is 44.3 Å². The fraction of sp³-hybridized carbons (Fsp3) is 0.600. The van der Waals surface area contributed by atoms with Crippen LogP contribution in [0.25, 0.3) is 10.9 Å². The number of rotatable bonds is 10. The van der Waals surface area contributed by atoms with E-state index in [9.17, 15) is 23.1 Å². The number of hydrogen-bond donors (Lipinski definition) is 1. The fourth-order valence-corrected chi connectivity index (χ4v) is 5.99. The Morgan fingerprint density at radius 2 is 1.93 bits per heavy atom. The lowest BCUT2D eigenvalue weighted by atomic mass is 9.93. The van der Waals surface area contributed by atoms with Crippen LogP contribution in [0, 0.1) is 0 Å². The molecule has 1 saturated carbocycles. The number of nitrogens with zero attached hydrogens (tertiary/aromatic N) is 6. The molecule has 40 heavy (non-hydrogen) atoms. The Labute approximate surface area is 239 Å². The maximum atomic E-state index is 13.9. The van der Waals surface area contributed by atoms with Crippen molar-refractivity contribution < 1.29 is 32.5 Å². The van der Waals surface area contributed by atoms with Gasteiger partial charge >= 0.3 is 12.3 Å². The molecule has 0 saturated heterocycles. The smallest absolute Gasteiger partial charge is 0.436 e. The second-order valence-corrected chi connectivity index (χ2v) is 17.4. The van der Waals surface area contributed by atoms with Crippen LogP contribution in [-0.4, -0.2) is 63.1 Å². The molecule has 3 aromatic rings. The highest BCUT2D eigenvalue weighted by Gasteiger charge is 2.40. The number of halogens is 4. The van der Waals surface area contributed by atoms with Gasteiger partial charge in [0.25, 0.3) is 0 Å². The number of carboxylic acid groups (broad SMARTS) is 1. The third kappa shape index (κ3) is 6.97. The highest BCUT2D eigenvalue weighted by Crippen LogP contribution is 2.39. The Hall–Kier alpha value is -2.65. The molecular weight excluding hydrogens is 613 g/mol. The molecule has 0 atom stereocenters. The maximum absolute atomic E-state index is 13.9. The molecule has 0 spiro atoms. The van der Waals surface area contributed by atoms with E-state index >= 15 is 0 Å². The fourth-order valence-electron chi connectivity index (χ4n) is 4.76. The van der Waals surface area contributed by atoms with Gasteiger partial charge in [-0.25, -0.2) is 14.5 Å². The van der Waals surface area contributed by atoms with E-state index in [1.165, 1.54) is 0 Å². The molecule has 220 valence electrons. The van der Waals surface area contributed by atoms with Crippen molar-refractivity contribution in [3.05, 3.63) is 28.8 Å². The predicted molar refractivity (Wildman–Crippen MR) is 150 cm³/mol. The Morgan fingerprint density at radius 1 is 1.23 bits per heavy atom. The van der Waals surface area contributed by atoms with Crippen molar-refractivity contribution in [2.45, 2.75) is 83.3 Å². The van der Waals surface area contributed by atoms with Crippen LogP contribution < -0.4 is 9.64 Å². The average Bonchev–Trinajstić information content (AvgIpc) is 3.42. The molecule has 0 radical (unpaired) electrons. The minimum atomic E-state index is -4.64. The van der Waals surface area contributed by atoms with Crippen molar-refractivity contribution in [1.82, 2.24) is 24.5 Å². The predicted octanol–water partition coefficient (Wildman–Crippen LogP) is 6.79. The first-order valence-corrected chi connectivity index (χ1v) is 17.7. The van der Waals surface area contributed by atoms with Crippen LogP contribution in [0.3, 0.4) is 0 Å². The van der Waals surface area contributed by atoms with Crippen molar-refractivity contribution in [2.75, 3.05) is 18.1 Å². The summed E-state index contributed by atoms with van der Waals surface area (Å²) in [6.07, 6.45) is -1.16. The highest BCUT2D eigenvalue weighted by atomic mass is 79.9. The molecule has 15 heteroatoms. The molecule has 0 aromatic carbocycles. The van der Waals surface area contributed by atoms with E-state index in [4.69, 9.17) is 9.47 Å². The van der Waals surface area contributed by atoms with E-state index in [2.05, 4.69) is 50.8 Å². The summed E-state index contributed by atoms with van der Waals surface area (Å²) in [5.74, 6) is 0.00963. The summed E-state index contributed by atoms with van der Waals surface area (Å²) in [5, 5.41) is 18.8. The number of fused-ring (bicyclic) bond motifs is 1. The monoisotopic (exact) mass is 646 g/mol. The summed E-state index contributed by atoms with van der Waals surface area (Å²) in [6.45, 7) is 8.59. The molecule has 10 nitrogen and oxygen atoms in total. The Kier molecular flexibility index (Phi) is 9.14. The Balaban J connectivity index is 1.45. The number of alkyl halides is 3. The molecule has 3 heterocycles. The number of pyridine rings is 1. The van der Waals surface area contributed by atoms with Crippen LogP contribution in [0.4, 0.5) is 23.8 Å². The minimum Gasteiger partial charge on any atom is -0.486 e. The van der Waals surface area contributed by atoms with E-state index in [-0.39, 0.29) is 25.1 Å². The number of aromatic nitrogens is 5. The first-order valence-electron chi connectivity index (χ1n) is 13.2. The molecule has 1 N–H and O–H groups in total. The lowest BCUT2D eigenvalue weighted by molar-refractivity contribution is -0.148. The van der Waals surface area contributed by atoms with Gasteiger partial charge < -0.3 is 14.6 Å². The molecule has 0 aliphatic heterocycles. The zero-order valence-corrected chi connectivity index (χ0v) is 25.5. The van der Waals surface area contributed by atoms with Crippen LogP contribution >= 0.6 is 15.9 Å². The van der Waals surface area contributed by atoms with Crippen molar-refractivity contribution in [2.24, 2.45) is 0 Å². The lowest BCUT2D eigenvalue weighted by Crippen LogP contribution is -2.29. The van der Waals surface area contributed by atoms with Gasteiger partial charge in [0, 0.05) is 33.5 Å². The van der Waals surface area contributed by atoms with E-state index in [0.29, 0.717) is 42.7 Å². The number of ether oxygens (including phenoxy) is 2. The van der Waals surface area contributed by atoms with Crippen LogP contribution in [0.5, 0.6) is 5.75 Å². The Bertz CT molecular complexity index is 1330. The van der Waals surface area contributed by atoms with E-state index in [1.54, 1.807) is 19.2 Å². The van der Waals surface area contributed by atoms with Crippen molar-refractivity contribution >= 4 is 46.8 Å². The van der Waals surface area contributed by atoms with Crippen molar-refractivity contribution in [3.8, 4) is 5.75 Å². The zero-order chi connectivity index (χ0) is 29.2. The van der Waals surface area contributed by atoms with E-state index in [0.717, 1.165) is 32.7 Å². The van der Waals surface area contributed by atoms with Crippen LogP contribution in [0.15, 0.2) is 23.1 Å². The summed E-state index contributed by atoms with van der Waals surface area (Å²) < 4.78 is 56.4. The quantitative estimate of drug-likeness (QED) is 0.191. The first kappa shape index (κ1) is 30.3. The molecule has 1 aliphatic rings. The van der Waals surface area contributed by atoms with Crippen molar-refractivity contribution in [1.29, 1.82) is 0 Å². The molecule has 0 unspecified atom stereocenters. The zero-order valence-electron chi connectivity index (χ0n) is 22.9. The summed E-state index contributed by atoms with van der Waals surface area (Å²) in [4.78, 5) is 17.0. The molecule has 1 aliphatic carbocycles. The molecule has 1 fully saturated rings. The number of amides is 1. The van der Waals surface area contributed by atoms with Gasteiger partial charge in [-0.05, 0) is 54.6 Å². The lowest BCUT2D eigenvalue weighted by Gasteiger charge is -2.29. The summed E-state index contributed by atoms with van der Waals surface area (Å²) in [5.41, 5.74) is -0.209. The maximum Gasteiger partial charge on any atom is 0.436 e. The third-order valence-corrected chi connectivity index (χ3v) is 9.21. The summed E-state index contributed by atoms with van der Waals surface area (Å²) in [7, 11) is -1.37. The number of carbonyl (C=O) groups is 1. The van der Waals surface area contributed by atoms with Gasteiger partial charge in [0.15, 0.2) is 11.4 Å². The van der Waals surface area contributed by atoms with Gasteiger partial charge in [-0.2, -0.15) is 23.4 Å². The van der Waals surface area contributed by atoms with Crippen molar-refractivity contribution in [3.63, 3.8) is 0 Å². The molecular formula is C25H34BrF3N6O4Si. The average molecular weight is 648 g/mol. The van der Waals surface area contributed by atoms with E-state index < -0.39 is 32.1 Å². The Morgan fingerprint density at radius 3 is 2.52 bits per heavy atom. The second-order valence-electron chi connectivity index (χ2n) is 11.1. The van der Waals surface area contributed by atoms with Gasteiger partial charge in [-0.15, -0.1) is 0 Å². The van der Waals surface area contributed by atoms with Gasteiger partial charge in [0.2, 0.25) is 0 Å². The van der Waals surface area contributed by atoms with Gasteiger partial charge in [-0.1, -0.05) is 19.6 Å². The first-order chi connectivity index (χ1) is 18.8. The van der Waals surface area contributed by atoms with Crippen LogP contribution in [-0.2, 0) is 17.6 Å². The molecule has 1 amide bonds. The molecule has 3 aromatic heterocycles. The largest absolute Gasteiger partial charge is 0.486 e. The summed E-state index contributed by atoms with van der Waals surface area (Å²) in [6, 6.07) is 2.51. The molecule has 4 rings (SSSR count). The third-order valence-electron chi connectivity index (χ3n) is 6.92. The van der Waals surface area contributed by atoms with Gasteiger partial charge in [0.05, 0.1) is 29.2 Å². The highest BCUT2D eigenvalue weighted by molar-refractivity contribution is 9.10. The van der Waals surface area contributed by atoms with Gasteiger partial charge in [0.1, 0.15) is 17.2 Å². The SMILES string of the molecule is CCN(C(=O)O)c1cc2c(cn1)c(Br)nn2C1CCC(Oc2cnn(COCC[Si](C)(C)C)c2C(F)(F)F)CC1. The summed E-state index contributed by atoms with van der Waals surface area (Å²) >= 11 is 3.46. The van der Waals surface area contributed by atoms with Crippen LogP contribution in [0.2, 0.25) is 25.7 Å². The van der Waals surface area contributed by atoms with Gasteiger partial charge in [-0.3, -0.25) is 9.58 Å². The topological polar surface area (TPSA) is 108 Å². The van der Waals surface area contributed by atoms with E-state index in [1.807, 2.05) is 4.68 Å². The second kappa shape index (κ2) is 12.1.